The van der Waals surface area contributed by atoms with Crippen LogP contribution in [-0.4, -0.2) is 11.9 Å². The quantitative estimate of drug-likeness (QED) is 0.676. The molecule has 2 aromatic rings. The highest BCUT2D eigenvalue weighted by Crippen LogP contribution is 2.38. The molecule has 0 unspecified atom stereocenters. The SMILES string of the molecule is C=C(C)c1cccc(C(C)(C)NC(=O)Nc2sc3c(c2C(N)=O)CCCC3)c1. The Morgan fingerprint density at radius 2 is 1.93 bits per heavy atom. The fourth-order valence-corrected chi connectivity index (χ4v) is 4.87. The molecule has 0 atom stereocenters. The van der Waals surface area contributed by atoms with Gasteiger partial charge in [0.1, 0.15) is 5.00 Å². The second kappa shape index (κ2) is 7.80. The Hall–Kier alpha value is -2.60. The molecule has 0 saturated carbocycles. The van der Waals surface area contributed by atoms with E-state index >= 15 is 0 Å². The second-order valence-corrected chi connectivity index (χ2v) is 8.95. The highest BCUT2D eigenvalue weighted by atomic mass is 32.1. The van der Waals surface area contributed by atoms with Crippen molar-refractivity contribution in [2.45, 2.75) is 52.0 Å². The number of aryl methyl sites for hydroxylation is 1. The number of allylic oxidation sites excluding steroid dienone is 1. The van der Waals surface area contributed by atoms with Crippen molar-refractivity contribution in [3.8, 4) is 0 Å². The third-order valence-electron chi connectivity index (χ3n) is 5.15. The average molecular weight is 398 g/mol. The van der Waals surface area contributed by atoms with Gasteiger partial charge in [0.25, 0.3) is 5.91 Å². The minimum absolute atomic E-state index is 0.355. The van der Waals surface area contributed by atoms with Crippen LogP contribution in [0.4, 0.5) is 9.80 Å². The normalized spacial score (nSPS) is 13.5. The van der Waals surface area contributed by atoms with Crippen molar-refractivity contribution in [2.75, 3.05) is 5.32 Å². The molecule has 3 rings (SSSR count). The molecule has 1 aromatic carbocycles. The van der Waals surface area contributed by atoms with E-state index in [0.29, 0.717) is 10.6 Å². The van der Waals surface area contributed by atoms with Crippen molar-refractivity contribution in [3.05, 3.63) is 58.0 Å². The molecule has 148 valence electrons. The van der Waals surface area contributed by atoms with E-state index in [0.717, 1.165) is 52.8 Å². The van der Waals surface area contributed by atoms with E-state index in [4.69, 9.17) is 5.73 Å². The highest BCUT2D eigenvalue weighted by molar-refractivity contribution is 7.17. The number of nitrogens with one attached hydrogen (secondary N) is 2. The molecular weight excluding hydrogens is 370 g/mol. The molecule has 6 heteroatoms. The van der Waals surface area contributed by atoms with Gasteiger partial charge in [-0.15, -0.1) is 11.3 Å². The number of rotatable bonds is 5. The number of nitrogens with two attached hydrogens (primary N) is 1. The van der Waals surface area contributed by atoms with E-state index in [9.17, 15) is 9.59 Å². The maximum absolute atomic E-state index is 12.7. The van der Waals surface area contributed by atoms with E-state index in [1.165, 1.54) is 11.3 Å². The molecule has 1 aliphatic rings. The monoisotopic (exact) mass is 397 g/mol. The van der Waals surface area contributed by atoms with Gasteiger partial charge < -0.3 is 11.1 Å². The summed E-state index contributed by atoms with van der Waals surface area (Å²) in [5, 5.41) is 6.42. The third-order valence-corrected chi connectivity index (χ3v) is 6.36. The standard InChI is InChI=1S/C22H27N3O2S/c1-13(2)14-8-7-9-15(12-14)22(3,4)25-21(27)24-20-18(19(23)26)16-10-5-6-11-17(16)28-20/h7-9,12H,1,5-6,10-11H2,2-4H3,(H2,23,26)(H2,24,25,27). The number of fused-ring (bicyclic) bond motifs is 1. The molecule has 1 aromatic heterocycles. The van der Waals surface area contributed by atoms with Crippen LogP contribution in [0.1, 0.15) is 65.5 Å². The fourth-order valence-electron chi connectivity index (χ4n) is 3.58. The van der Waals surface area contributed by atoms with Crippen molar-refractivity contribution in [2.24, 2.45) is 5.73 Å². The summed E-state index contributed by atoms with van der Waals surface area (Å²) in [6.07, 6.45) is 3.92. The van der Waals surface area contributed by atoms with Crippen LogP contribution in [0.15, 0.2) is 30.8 Å². The third kappa shape index (κ3) is 4.12. The zero-order valence-corrected chi connectivity index (χ0v) is 17.5. The predicted molar refractivity (Wildman–Crippen MR) is 116 cm³/mol. The molecule has 0 saturated heterocycles. The number of hydrogen-bond donors (Lipinski definition) is 3. The van der Waals surface area contributed by atoms with E-state index in [1.807, 2.05) is 45.0 Å². The van der Waals surface area contributed by atoms with E-state index in [2.05, 4.69) is 17.2 Å². The van der Waals surface area contributed by atoms with Crippen LogP contribution in [-0.2, 0) is 18.4 Å². The first kappa shape index (κ1) is 20.1. The van der Waals surface area contributed by atoms with Gasteiger partial charge in [0.2, 0.25) is 0 Å². The van der Waals surface area contributed by atoms with Crippen LogP contribution < -0.4 is 16.4 Å². The van der Waals surface area contributed by atoms with Crippen molar-refractivity contribution in [1.82, 2.24) is 5.32 Å². The number of hydrogen-bond acceptors (Lipinski definition) is 3. The van der Waals surface area contributed by atoms with Gasteiger partial charge in [-0.05, 0) is 69.2 Å². The van der Waals surface area contributed by atoms with Crippen molar-refractivity contribution >= 4 is 33.8 Å². The molecule has 1 aliphatic carbocycles. The Bertz CT molecular complexity index is 943. The number of carbonyl (C=O) groups is 2. The van der Waals surface area contributed by atoms with E-state index < -0.39 is 11.4 Å². The Labute approximate surface area is 170 Å². The summed E-state index contributed by atoms with van der Waals surface area (Å²) in [6.45, 7) is 9.82. The lowest BCUT2D eigenvalue weighted by atomic mass is 9.92. The van der Waals surface area contributed by atoms with Crippen LogP contribution in [0.2, 0.25) is 0 Å². The Morgan fingerprint density at radius 1 is 1.21 bits per heavy atom. The summed E-state index contributed by atoms with van der Waals surface area (Å²) in [4.78, 5) is 25.9. The number of carbonyl (C=O) groups excluding carboxylic acids is 2. The summed E-state index contributed by atoms with van der Waals surface area (Å²) in [5.41, 5.74) is 9.47. The number of urea groups is 1. The van der Waals surface area contributed by atoms with Gasteiger partial charge in [-0.3, -0.25) is 10.1 Å². The summed E-state index contributed by atoms with van der Waals surface area (Å²) < 4.78 is 0. The largest absolute Gasteiger partial charge is 0.365 e. The van der Waals surface area contributed by atoms with Crippen molar-refractivity contribution in [1.29, 1.82) is 0 Å². The van der Waals surface area contributed by atoms with Crippen molar-refractivity contribution in [3.63, 3.8) is 0 Å². The second-order valence-electron chi connectivity index (χ2n) is 7.84. The Balaban J connectivity index is 1.80. The predicted octanol–water partition coefficient (Wildman–Crippen LogP) is 4.82. The first-order chi connectivity index (χ1) is 13.2. The summed E-state index contributed by atoms with van der Waals surface area (Å²) >= 11 is 1.46. The topological polar surface area (TPSA) is 84.2 Å². The number of benzene rings is 1. The van der Waals surface area contributed by atoms with E-state index in [1.54, 1.807) is 0 Å². The lowest BCUT2D eigenvalue weighted by molar-refractivity contribution is 0.100. The first-order valence-corrected chi connectivity index (χ1v) is 10.3. The molecule has 0 bridgehead atoms. The number of primary amides is 1. The zero-order chi connectivity index (χ0) is 20.5. The van der Waals surface area contributed by atoms with Crippen LogP contribution in [0.25, 0.3) is 5.57 Å². The molecule has 0 radical (unpaired) electrons. The summed E-state index contributed by atoms with van der Waals surface area (Å²) in [5.74, 6) is -0.483. The Kier molecular flexibility index (Phi) is 5.61. The van der Waals surface area contributed by atoms with Crippen LogP contribution in [0.5, 0.6) is 0 Å². The van der Waals surface area contributed by atoms with Gasteiger partial charge in [-0.2, -0.15) is 0 Å². The van der Waals surface area contributed by atoms with E-state index in [-0.39, 0.29) is 6.03 Å². The number of thiophene rings is 1. The summed E-state index contributed by atoms with van der Waals surface area (Å²) in [6, 6.07) is 7.61. The molecule has 0 spiro atoms. The minimum atomic E-state index is -0.598. The van der Waals surface area contributed by atoms with Crippen LogP contribution in [0, 0.1) is 0 Å². The maximum atomic E-state index is 12.7. The number of amides is 3. The zero-order valence-electron chi connectivity index (χ0n) is 16.6. The molecule has 0 fully saturated rings. The Morgan fingerprint density at radius 3 is 2.61 bits per heavy atom. The lowest BCUT2D eigenvalue weighted by Gasteiger charge is -2.27. The van der Waals surface area contributed by atoms with Crippen LogP contribution in [0.3, 0.4) is 0 Å². The first-order valence-electron chi connectivity index (χ1n) is 9.49. The summed E-state index contributed by atoms with van der Waals surface area (Å²) in [7, 11) is 0. The van der Waals surface area contributed by atoms with Gasteiger partial charge in [-0.1, -0.05) is 30.4 Å². The van der Waals surface area contributed by atoms with Gasteiger partial charge in [0.05, 0.1) is 11.1 Å². The maximum Gasteiger partial charge on any atom is 0.320 e. The van der Waals surface area contributed by atoms with Crippen LogP contribution >= 0.6 is 11.3 Å². The number of anilines is 1. The average Bonchev–Trinajstić information content (AvgIpc) is 2.99. The molecule has 0 aliphatic heterocycles. The minimum Gasteiger partial charge on any atom is -0.365 e. The van der Waals surface area contributed by atoms with Gasteiger partial charge in [0, 0.05) is 4.88 Å². The smallest absolute Gasteiger partial charge is 0.320 e. The molecule has 5 nitrogen and oxygen atoms in total. The fraction of sp³-hybridized carbons (Fsp3) is 0.364. The lowest BCUT2D eigenvalue weighted by Crippen LogP contribution is -2.43. The molecule has 3 amide bonds. The van der Waals surface area contributed by atoms with Gasteiger partial charge in [-0.25, -0.2) is 4.79 Å². The molecule has 1 heterocycles. The molecular formula is C22H27N3O2S. The van der Waals surface area contributed by atoms with Crippen molar-refractivity contribution < 1.29 is 9.59 Å². The molecule has 4 N–H and O–H groups in total. The highest BCUT2D eigenvalue weighted by Gasteiger charge is 2.27. The van der Waals surface area contributed by atoms with Gasteiger partial charge in [0.15, 0.2) is 0 Å². The molecule has 28 heavy (non-hydrogen) atoms. The van der Waals surface area contributed by atoms with Gasteiger partial charge >= 0.3 is 6.03 Å².